The van der Waals surface area contributed by atoms with E-state index in [9.17, 15) is 24.0 Å². The number of ketones is 1. The zero-order valence-electron chi connectivity index (χ0n) is 14.7. The highest BCUT2D eigenvalue weighted by Gasteiger charge is 2.44. The summed E-state index contributed by atoms with van der Waals surface area (Å²) in [5, 5.41) is 0. The van der Waals surface area contributed by atoms with Crippen molar-refractivity contribution in [2.24, 2.45) is 0 Å². The number of hydrogen-bond acceptors (Lipinski definition) is 5. The highest BCUT2D eigenvalue weighted by atomic mass is 16.2. The molecule has 0 bridgehead atoms. The van der Waals surface area contributed by atoms with E-state index >= 15 is 0 Å². The van der Waals surface area contributed by atoms with Crippen LogP contribution in [0.1, 0.15) is 35.7 Å². The summed E-state index contributed by atoms with van der Waals surface area (Å²) in [6, 6.07) is 4.07. The molecule has 2 aliphatic rings. The summed E-state index contributed by atoms with van der Waals surface area (Å²) in [4.78, 5) is 63.6. The largest absolute Gasteiger partial charge is 0.334 e. The highest BCUT2D eigenvalue weighted by molar-refractivity contribution is 6.45. The number of likely N-dealkylation sites (N-methyl/N-ethyl adjacent to an activating group) is 1. The average molecular weight is 357 g/mol. The van der Waals surface area contributed by atoms with E-state index in [1.54, 1.807) is 25.2 Å². The Labute approximate surface area is 150 Å². The lowest BCUT2D eigenvalue weighted by atomic mass is 10.0. The lowest BCUT2D eigenvalue weighted by Crippen LogP contribution is -2.37. The van der Waals surface area contributed by atoms with Crippen molar-refractivity contribution >= 4 is 35.2 Å². The molecule has 5 amide bonds. The summed E-state index contributed by atoms with van der Waals surface area (Å²) >= 11 is 0. The number of imide groups is 2. The second-order valence-corrected chi connectivity index (χ2v) is 6.38. The minimum Gasteiger partial charge on any atom is -0.315 e. The van der Waals surface area contributed by atoms with Gasteiger partial charge >= 0.3 is 17.8 Å². The van der Waals surface area contributed by atoms with Gasteiger partial charge in [-0.1, -0.05) is 13.3 Å². The van der Waals surface area contributed by atoms with Gasteiger partial charge in [0, 0.05) is 24.8 Å². The van der Waals surface area contributed by atoms with Gasteiger partial charge in [-0.05, 0) is 30.2 Å². The molecule has 0 atom stereocenters. The van der Waals surface area contributed by atoms with Crippen LogP contribution in [-0.2, 0) is 20.8 Å². The lowest BCUT2D eigenvalue weighted by molar-refractivity contribution is -0.143. The summed E-state index contributed by atoms with van der Waals surface area (Å²) in [6.07, 6.45) is 1.57. The van der Waals surface area contributed by atoms with Crippen molar-refractivity contribution in [3.05, 3.63) is 29.3 Å². The zero-order valence-corrected chi connectivity index (χ0v) is 14.7. The van der Waals surface area contributed by atoms with Gasteiger partial charge in [0.25, 0.3) is 0 Å². The van der Waals surface area contributed by atoms with Gasteiger partial charge < -0.3 is 4.90 Å². The van der Waals surface area contributed by atoms with Crippen molar-refractivity contribution in [1.82, 2.24) is 9.80 Å². The third-order valence-electron chi connectivity index (χ3n) is 4.65. The van der Waals surface area contributed by atoms with Gasteiger partial charge in [0.05, 0.1) is 13.0 Å². The quantitative estimate of drug-likeness (QED) is 0.430. The molecule has 0 N–H and O–H groups in total. The molecule has 0 aromatic heterocycles. The first-order valence-electron chi connectivity index (χ1n) is 8.45. The third kappa shape index (κ3) is 2.87. The maximum atomic E-state index is 12.5. The third-order valence-corrected chi connectivity index (χ3v) is 4.65. The van der Waals surface area contributed by atoms with Crippen LogP contribution in [0.25, 0.3) is 0 Å². The maximum absolute atomic E-state index is 12.5. The van der Waals surface area contributed by atoms with E-state index in [4.69, 9.17) is 0 Å². The number of rotatable bonds is 6. The molecule has 2 heterocycles. The van der Waals surface area contributed by atoms with E-state index < -0.39 is 30.2 Å². The van der Waals surface area contributed by atoms with Gasteiger partial charge in [0.2, 0.25) is 5.91 Å². The van der Waals surface area contributed by atoms with Crippen LogP contribution >= 0.6 is 0 Å². The monoisotopic (exact) mass is 357 g/mol. The number of anilines is 1. The van der Waals surface area contributed by atoms with Crippen LogP contribution in [-0.4, -0.2) is 59.5 Å². The smallest absolute Gasteiger partial charge is 0.315 e. The molecule has 136 valence electrons. The molecule has 8 nitrogen and oxygen atoms in total. The Hall–Kier alpha value is -3.03. The molecule has 0 saturated carbocycles. The normalized spacial score (nSPS) is 16.8. The molecule has 26 heavy (non-hydrogen) atoms. The van der Waals surface area contributed by atoms with E-state index in [-0.39, 0.29) is 18.9 Å². The summed E-state index contributed by atoms with van der Waals surface area (Å²) in [5.41, 5.74) is 1.76. The number of carbonyl (C=O) groups excluding carboxylic acids is 5. The Bertz CT molecular complexity index is 832. The fourth-order valence-electron chi connectivity index (χ4n) is 3.08. The summed E-state index contributed by atoms with van der Waals surface area (Å²) in [5.74, 6) is -2.39. The Morgan fingerprint density at radius 3 is 2.46 bits per heavy atom. The van der Waals surface area contributed by atoms with Gasteiger partial charge in [-0.3, -0.25) is 24.1 Å². The Morgan fingerprint density at radius 2 is 1.77 bits per heavy atom. The van der Waals surface area contributed by atoms with Crippen molar-refractivity contribution in [2.45, 2.75) is 26.2 Å². The lowest BCUT2D eigenvalue weighted by Gasteiger charge is -2.15. The molecule has 1 aromatic carbocycles. The summed E-state index contributed by atoms with van der Waals surface area (Å²) in [6.45, 7) is 1.58. The highest BCUT2D eigenvalue weighted by Crippen LogP contribution is 2.28. The molecule has 1 aromatic rings. The van der Waals surface area contributed by atoms with Crippen LogP contribution in [0.4, 0.5) is 10.5 Å². The van der Waals surface area contributed by atoms with Crippen molar-refractivity contribution in [1.29, 1.82) is 0 Å². The number of benzene rings is 1. The zero-order chi connectivity index (χ0) is 19.0. The SMILES string of the molecule is CCCCN1C(=O)C(=O)N(CC(=O)c2ccc3c(c2)CC(=O)N3C)C1=O. The molecule has 1 saturated heterocycles. The number of hydrogen-bond donors (Lipinski definition) is 0. The van der Waals surface area contributed by atoms with Crippen molar-refractivity contribution < 1.29 is 24.0 Å². The Kier molecular flexibility index (Phi) is 4.58. The van der Waals surface area contributed by atoms with Crippen LogP contribution in [0.5, 0.6) is 0 Å². The summed E-state index contributed by atoms with van der Waals surface area (Å²) in [7, 11) is 1.66. The number of urea groups is 1. The van der Waals surface area contributed by atoms with Crippen LogP contribution in [0.15, 0.2) is 18.2 Å². The van der Waals surface area contributed by atoms with E-state index in [0.29, 0.717) is 16.9 Å². The standard InChI is InChI=1S/C18H19N3O5/c1-3-4-7-20-16(24)17(25)21(18(20)26)10-14(22)11-5-6-13-12(8-11)9-15(23)19(13)2/h5-6,8H,3-4,7,9-10H2,1-2H3. The van der Waals surface area contributed by atoms with Gasteiger partial charge in [0.1, 0.15) is 0 Å². The summed E-state index contributed by atoms with van der Waals surface area (Å²) < 4.78 is 0. The molecular formula is C18H19N3O5. The van der Waals surface area contributed by atoms with Crippen molar-refractivity contribution in [3.63, 3.8) is 0 Å². The molecule has 0 spiro atoms. The number of carbonyl (C=O) groups is 5. The average Bonchev–Trinajstić information content (AvgIpc) is 3.01. The van der Waals surface area contributed by atoms with Crippen molar-refractivity contribution in [2.75, 3.05) is 25.0 Å². The minimum absolute atomic E-state index is 0.0633. The molecule has 8 heteroatoms. The fourth-order valence-corrected chi connectivity index (χ4v) is 3.08. The van der Waals surface area contributed by atoms with Gasteiger partial charge in [-0.15, -0.1) is 0 Å². The fraction of sp³-hybridized carbons (Fsp3) is 0.389. The second kappa shape index (κ2) is 6.70. The molecule has 2 aliphatic heterocycles. The first kappa shape index (κ1) is 17.8. The van der Waals surface area contributed by atoms with E-state index in [1.165, 1.54) is 4.90 Å². The molecule has 0 radical (unpaired) electrons. The predicted molar refractivity (Wildman–Crippen MR) is 91.6 cm³/mol. The first-order chi connectivity index (χ1) is 12.3. The molecule has 1 fully saturated rings. The van der Waals surface area contributed by atoms with Crippen molar-refractivity contribution in [3.8, 4) is 0 Å². The van der Waals surface area contributed by atoms with Crippen LogP contribution in [0, 0.1) is 0 Å². The predicted octanol–water partition coefficient (Wildman–Crippen LogP) is 0.979. The number of fused-ring (bicyclic) bond motifs is 1. The van der Waals surface area contributed by atoms with Crippen LogP contribution in [0.3, 0.4) is 0 Å². The van der Waals surface area contributed by atoms with Gasteiger partial charge in [-0.2, -0.15) is 0 Å². The molecular weight excluding hydrogens is 338 g/mol. The minimum atomic E-state index is -0.976. The van der Waals surface area contributed by atoms with E-state index in [0.717, 1.165) is 22.6 Å². The maximum Gasteiger partial charge on any atom is 0.334 e. The first-order valence-corrected chi connectivity index (χ1v) is 8.45. The Balaban J connectivity index is 1.75. The number of nitrogens with zero attached hydrogens (tertiary/aromatic N) is 3. The van der Waals surface area contributed by atoms with E-state index in [2.05, 4.69) is 0 Å². The second-order valence-electron chi connectivity index (χ2n) is 6.38. The molecule has 3 rings (SSSR count). The van der Waals surface area contributed by atoms with Crippen LogP contribution < -0.4 is 4.90 Å². The van der Waals surface area contributed by atoms with E-state index in [1.807, 2.05) is 6.92 Å². The topological polar surface area (TPSA) is 95.1 Å². The Morgan fingerprint density at radius 1 is 1.08 bits per heavy atom. The number of Topliss-reactive ketones (excluding diaryl/α,β-unsaturated/α-hetero) is 1. The molecule has 0 aliphatic carbocycles. The van der Waals surface area contributed by atoms with Gasteiger partial charge in [0.15, 0.2) is 5.78 Å². The molecule has 0 unspecified atom stereocenters. The number of amides is 5. The van der Waals surface area contributed by atoms with Crippen LogP contribution in [0.2, 0.25) is 0 Å². The van der Waals surface area contributed by atoms with Gasteiger partial charge in [-0.25, -0.2) is 9.69 Å². The number of unbranched alkanes of at least 4 members (excludes halogenated alkanes) is 1.